The highest BCUT2D eigenvalue weighted by atomic mass is 19.2. The number of benzene rings is 1. The number of furan rings is 1. The summed E-state index contributed by atoms with van der Waals surface area (Å²) >= 11 is 0. The summed E-state index contributed by atoms with van der Waals surface area (Å²) in [5, 5.41) is 16.9. The molecule has 1 aromatic carbocycles. The maximum absolute atomic E-state index is 13.7. The third-order valence-electron chi connectivity index (χ3n) is 4.23. The second kappa shape index (κ2) is 8.99. The van der Waals surface area contributed by atoms with Crippen LogP contribution in [0.1, 0.15) is 36.5 Å². The van der Waals surface area contributed by atoms with Gasteiger partial charge in [0.2, 0.25) is 0 Å². The van der Waals surface area contributed by atoms with Gasteiger partial charge in [-0.3, -0.25) is 0 Å². The molecule has 0 radical (unpaired) electrons. The van der Waals surface area contributed by atoms with Crippen molar-refractivity contribution in [2.24, 2.45) is 4.99 Å². The number of aliphatic imine (C=N–C) groups is 1. The quantitative estimate of drug-likeness (QED) is 0.511. The minimum atomic E-state index is -1.18. The fraction of sp³-hybridized carbons (Fsp3) is 0.450. The topological polar surface area (TPSA) is 69.8 Å². The van der Waals surface area contributed by atoms with Crippen molar-refractivity contribution in [3.8, 4) is 0 Å². The smallest absolute Gasteiger partial charge is 0.191 e. The molecule has 0 bridgehead atoms. The summed E-state index contributed by atoms with van der Waals surface area (Å²) < 4.78 is 32.5. The maximum Gasteiger partial charge on any atom is 0.191 e. The first-order valence-electron chi connectivity index (χ1n) is 8.99. The number of hydrogen-bond donors (Lipinski definition) is 3. The van der Waals surface area contributed by atoms with Gasteiger partial charge >= 0.3 is 0 Å². The van der Waals surface area contributed by atoms with Crippen molar-refractivity contribution in [2.75, 3.05) is 19.6 Å². The number of nitrogens with one attached hydrogen (secondary N) is 2. The fourth-order valence-corrected chi connectivity index (χ4v) is 2.88. The van der Waals surface area contributed by atoms with E-state index in [2.05, 4.69) is 15.6 Å². The van der Waals surface area contributed by atoms with E-state index < -0.39 is 17.2 Å². The molecular weight excluding hydrogens is 352 g/mol. The predicted molar refractivity (Wildman–Crippen MR) is 102 cm³/mol. The van der Waals surface area contributed by atoms with E-state index in [9.17, 15) is 13.9 Å². The second-order valence-electron chi connectivity index (χ2n) is 6.69. The van der Waals surface area contributed by atoms with Crippen LogP contribution < -0.4 is 10.6 Å². The van der Waals surface area contributed by atoms with Crippen LogP contribution >= 0.6 is 0 Å². The molecule has 0 aliphatic heterocycles. The Bertz CT molecular complexity index is 801. The van der Waals surface area contributed by atoms with Crippen molar-refractivity contribution < 1.29 is 18.3 Å². The SMILES string of the molecule is CCNC(=NCC(C)(O)c1cc(C)oc1C)NCCc1cccc(F)c1F. The number of hydrogen-bond acceptors (Lipinski definition) is 3. The molecule has 0 spiro atoms. The number of nitrogens with zero attached hydrogens (tertiary/aromatic N) is 1. The Morgan fingerprint density at radius 2 is 2.00 bits per heavy atom. The minimum absolute atomic E-state index is 0.122. The number of aryl methyl sites for hydroxylation is 2. The van der Waals surface area contributed by atoms with E-state index in [0.29, 0.717) is 42.4 Å². The largest absolute Gasteiger partial charge is 0.466 e. The van der Waals surface area contributed by atoms with Gasteiger partial charge in [0.1, 0.15) is 17.1 Å². The Balaban J connectivity index is 2.01. The van der Waals surface area contributed by atoms with Gasteiger partial charge in [-0.05, 0) is 51.8 Å². The summed E-state index contributed by atoms with van der Waals surface area (Å²) in [6.45, 7) is 8.36. The molecule has 2 rings (SSSR count). The standard InChI is InChI=1S/C20H27F2N3O2/c1-5-23-19(24-10-9-15-7-6-8-17(21)18(15)22)25-12-20(4,26)16-11-13(2)27-14(16)3/h6-8,11,26H,5,9-10,12H2,1-4H3,(H2,23,24,25). The molecule has 1 aromatic heterocycles. The van der Waals surface area contributed by atoms with Crippen molar-refractivity contribution in [3.05, 3.63) is 58.5 Å². The molecule has 148 valence electrons. The lowest BCUT2D eigenvalue weighted by Gasteiger charge is -2.21. The lowest BCUT2D eigenvalue weighted by atomic mass is 9.96. The van der Waals surface area contributed by atoms with E-state index in [4.69, 9.17) is 4.42 Å². The first-order chi connectivity index (χ1) is 12.7. The Kier molecular flexibility index (Phi) is 6.96. The van der Waals surface area contributed by atoms with E-state index >= 15 is 0 Å². The van der Waals surface area contributed by atoms with Gasteiger partial charge < -0.3 is 20.2 Å². The summed E-state index contributed by atoms with van der Waals surface area (Å²) in [6, 6.07) is 5.94. The van der Waals surface area contributed by atoms with Crippen LogP contribution in [0.3, 0.4) is 0 Å². The average molecular weight is 379 g/mol. The van der Waals surface area contributed by atoms with E-state index in [1.54, 1.807) is 26.0 Å². The molecule has 1 atom stereocenters. The first kappa shape index (κ1) is 20.9. The van der Waals surface area contributed by atoms with Gasteiger partial charge in [0.15, 0.2) is 17.6 Å². The molecule has 1 heterocycles. The van der Waals surface area contributed by atoms with Crippen LogP contribution in [0.15, 0.2) is 33.7 Å². The highest BCUT2D eigenvalue weighted by molar-refractivity contribution is 5.79. The van der Waals surface area contributed by atoms with Crippen LogP contribution in [0, 0.1) is 25.5 Å². The number of rotatable bonds is 7. The second-order valence-corrected chi connectivity index (χ2v) is 6.69. The Morgan fingerprint density at radius 1 is 1.26 bits per heavy atom. The lowest BCUT2D eigenvalue weighted by molar-refractivity contribution is 0.0657. The predicted octanol–water partition coefficient (Wildman–Crippen LogP) is 3.18. The molecule has 0 aliphatic carbocycles. The van der Waals surface area contributed by atoms with E-state index in [-0.39, 0.29) is 6.54 Å². The number of aliphatic hydroxyl groups is 1. The Labute approximate surface area is 158 Å². The molecule has 5 nitrogen and oxygen atoms in total. The summed E-state index contributed by atoms with van der Waals surface area (Å²) in [4.78, 5) is 4.42. The first-order valence-corrected chi connectivity index (χ1v) is 8.99. The average Bonchev–Trinajstić information content (AvgIpc) is 2.96. The fourth-order valence-electron chi connectivity index (χ4n) is 2.88. The van der Waals surface area contributed by atoms with E-state index in [1.807, 2.05) is 13.8 Å². The van der Waals surface area contributed by atoms with Gasteiger partial charge in [-0.2, -0.15) is 0 Å². The molecule has 1 unspecified atom stereocenters. The van der Waals surface area contributed by atoms with Crippen molar-refractivity contribution in [1.29, 1.82) is 0 Å². The van der Waals surface area contributed by atoms with Crippen LogP contribution in [-0.2, 0) is 12.0 Å². The van der Waals surface area contributed by atoms with Gasteiger partial charge in [-0.15, -0.1) is 0 Å². The van der Waals surface area contributed by atoms with E-state index in [0.717, 1.165) is 11.8 Å². The molecule has 0 fully saturated rings. The monoisotopic (exact) mass is 379 g/mol. The minimum Gasteiger partial charge on any atom is -0.466 e. The molecule has 3 N–H and O–H groups in total. The zero-order valence-electron chi connectivity index (χ0n) is 16.2. The van der Waals surface area contributed by atoms with Crippen molar-refractivity contribution in [1.82, 2.24) is 10.6 Å². The summed E-state index contributed by atoms with van der Waals surface area (Å²) in [7, 11) is 0. The lowest BCUT2D eigenvalue weighted by Crippen LogP contribution is -2.39. The summed E-state index contributed by atoms with van der Waals surface area (Å²) in [6.07, 6.45) is 0.310. The number of halogens is 2. The Morgan fingerprint density at radius 3 is 2.63 bits per heavy atom. The highest BCUT2D eigenvalue weighted by Crippen LogP contribution is 2.27. The zero-order valence-corrected chi connectivity index (χ0v) is 16.2. The van der Waals surface area contributed by atoms with Crippen LogP contribution in [0.2, 0.25) is 0 Å². The molecule has 0 saturated carbocycles. The molecule has 7 heteroatoms. The molecule has 0 amide bonds. The summed E-state index contributed by atoms with van der Waals surface area (Å²) in [5.74, 6) is 0.207. The van der Waals surface area contributed by atoms with Gasteiger partial charge in [0, 0.05) is 18.7 Å². The maximum atomic E-state index is 13.7. The van der Waals surface area contributed by atoms with Crippen LogP contribution in [0.5, 0.6) is 0 Å². The van der Waals surface area contributed by atoms with Crippen molar-refractivity contribution in [2.45, 2.75) is 39.7 Å². The molecule has 2 aromatic rings. The van der Waals surface area contributed by atoms with Gasteiger partial charge in [-0.1, -0.05) is 12.1 Å². The zero-order chi connectivity index (χ0) is 20.0. The molecule has 0 aliphatic rings. The third-order valence-corrected chi connectivity index (χ3v) is 4.23. The van der Waals surface area contributed by atoms with Gasteiger partial charge in [-0.25, -0.2) is 13.8 Å². The summed E-state index contributed by atoms with van der Waals surface area (Å²) in [5.41, 5.74) is -0.185. The number of guanidine groups is 1. The molecule has 27 heavy (non-hydrogen) atoms. The Hall–Kier alpha value is -2.41. The third kappa shape index (κ3) is 5.53. The van der Waals surface area contributed by atoms with E-state index in [1.165, 1.54) is 6.07 Å². The molecule has 0 saturated heterocycles. The van der Waals surface area contributed by atoms with Crippen LogP contribution in [0.25, 0.3) is 0 Å². The van der Waals surface area contributed by atoms with Crippen LogP contribution in [0.4, 0.5) is 8.78 Å². The van der Waals surface area contributed by atoms with Gasteiger partial charge in [0.05, 0.1) is 6.54 Å². The molecular formula is C20H27F2N3O2. The van der Waals surface area contributed by atoms with Crippen molar-refractivity contribution >= 4 is 5.96 Å². The van der Waals surface area contributed by atoms with Gasteiger partial charge in [0.25, 0.3) is 0 Å². The van der Waals surface area contributed by atoms with Crippen LogP contribution in [-0.4, -0.2) is 30.7 Å². The highest BCUT2D eigenvalue weighted by Gasteiger charge is 2.27. The van der Waals surface area contributed by atoms with Crippen molar-refractivity contribution in [3.63, 3.8) is 0 Å². The normalized spacial score (nSPS) is 14.1.